The Kier molecular flexibility index (Phi) is 3.95. The van der Waals surface area contributed by atoms with Crippen LogP contribution in [-0.2, 0) is 14.0 Å². The Labute approximate surface area is 93.3 Å². The SMILES string of the molecule is COC(=O)C1CCO[Si]1(C(C)C)C(C)C. The van der Waals surface area contributed by atoms with E-state index in [-0.39, 0.29) is 11.5 Å². The molecular formula is C11H22O3Si. The van der Waals surface area contributed by atoms with Crippen LogP contribution in [0.15, 0.2) is 0 Å². The van der Waals surface area contributed by atoms with Crippen LogP contribution in [0, 0.1) is 0 Å². The molecule has 0 radical (unpaired) electrons. The van der Waals surface area contributed by atoms with Gasteiger partial charge in [0.25, 0.3) is 0 Å². The van der Waals surface area contributed by atoms with Crippen molar-refractivity contribution in [3.8, 4) is 0 Å². The third-order valence-electron chi connectivity index (χ3n) is 3.59. The predicted molar refractivity (Wildman–Crippen MR) is 62.3 cm³/mol. The van der Waals surface area contributed by atoms with E-state index in [0.717, 1.165) is 13.0 Å². The van der Waals surface area contributed by atoms with E-state index in [2.05, 4.69) is 27.7 Å². The summed E-state index contributed by atoms with van der Waals surface area (Å²) in [5, 5.41) is 0. The highest BCUT2D eigenvalue weighted by Gasteiger charge is 2.55. The molecule has 4 heteroatoms. The minimum atomic E-state index is -1.98. The normalized spacial score (nSPS) is 24.9. The van der Waals surface area contributed by atoms with E-state index in [1.165, 1.54) is 7.11 Å². The molecule has 1 saturated heterocycles. The molecular weight excluding hydrogens is 208 g/mol. The van der Waals surface area contributed by atoms with Crippen molar-refractivity contribution in [2.24, 2.45) is 0 Å². The largest absolute Gasteiger partial charge is 0.469 e. The van der Waals surface area contributed by atoms with Crippen LogP contribution >= 0.6 is 0 Å². The van der Waals surface area contributed by atoms with Crippen LogP contribution < -0.4 is 0 Å². The van der Waals surface area contributed by atoms with Gasteiger partial charge in [-0.05, 0) is 17.5 Å². The Bertz CT molecular complexity index is 230. The Morgan fingerprint density at radius 2 is 1.87 bits per heavy atom. The summed E-state index contributed by atoms with van der Waals surface area (Å²) in [6.07, 6.45) is 0.843. The molecule has 1 fully saturated rings. The predicted octanol–water partition coefficient (Wildman–Crippen LogP) is 2.72. The molecule has 0 aromatic heterocycles. The van der Waals surface area contributed by atoms with Crippen LogP contribution in [0.1, 0.15) is 34.1 Å². The molecule has 0 amide bonds. The highest BCUT2D eigenvalue weighted by atomic mass is 28.4. The zero-order chi connectivity index (χ0) is 11.6. The number of methoxy groups -OCH3 is 1. The summed E-state index contributed by atoms with van der Waals surface area (Å²) >= 11 is 0. The molecule has 1 heterocycles. The molecule has 1 rings (SSSR count). The zero-order valence-electron chi connectivity index (χ0n) is 10.4. The summed E-state index contributed by atoms with van der Waals surface area (Å²) in [6.45, 7) is 9.42. The van der Waals surface area contributed by atoms with Crippen LogP contribution in [0.25, 0.3) is 0 Å². The van der Waals surface area contributed by atoms with E-state index >= 15 is 0 Å². The Hall–Kier alpha value is -0.353. The minimum absolute atomic E-state index is 0.0301. The van der Waals surface area contributed by atoms with Gasteiger partial charge in [0.15, 0.2) is 0 Å². The van der Waals surface area contributed by atoms with Gasteiger partial charge in [0.2, 0.25) is 8.32 Å². The van der Waals surface area contributed by atoms with E-state index in [0.29, 0.717) is 11.1 Å². The van der Waals surface area contributed by atoms with Crippen molar-refractivity contribution in [1.82, 2.24) is 0 Å². The maximum atomic E-state index is 11.8. The molecule has 3 nitrogen and oxygen atoms in total. The van der Waals surface area contributed by atoms with Crippen molar-refractivity contribution < 1.29 is 14.0 Å². The molecule has 1 aliphatic heterocycles. The number of ether oxygens (including phenoxy) is 1. The van der Waals surface area contributed by atoms with E-state index in [4.69, 9.17) is 9.16 Å². The average molecular weight is 230 g/mol. The Balaban J connectivity index is 3.00. The molecule has 0 bridgehead atoms. The van der Waals surface area contributed by atoms with Crippen molar-refractivity contribution in [3.63, 3.8) is 0 Å². The first-order chi connectivity index (χ1) is 6.96. The van der Waals surface area contributed by atoms with Gasteiger partial charge < -0.3 is 9.16 Å². The maximum Gasteiger partial charge on any atom is 0.308 e. The third kappa shape index (κ3) is 1.97. The van der Waals surface area contributed by atoms with Gasteiger partial charge in [0, 0.05) is 6.61 Å². The smallest absolute Gasteiger partial charge is 0.308 e. The first-order valence-corrected chi connectivity index (χ1v) is 7.82. The lowest BCUT2D eigenvalue weighted by Gasteiger charge is -2.37. The van der Waals surface area contributed by atoms with Gasteiger partial charge in [-0.25, -0.2) is 0 Å². The summed E-state index contributed by atoms with van der Waals surface area (Å²) in [7, 11) is -0.502. The Morgan fingerprint density at radius 3 is 2.27 bits per heavy atom. The summed E-state index contributed by atoms with van der Waals surface area (Å²) in [5.41, 5.74) is 0.954. The lowest BCUT2D eigenvalue weighted by Crippen LogP contribution is -2.47. The fraction of sp³-hybridized carbons (Fsp3) is 0.909. The second-order valence-corrected chi connectivity index (χ2v) is 9.88. The molecule has 88 valence electrons. The van der Waals surface area contributed by atoms with E-state index < -0.39 is 8.32 Å². The zero-order valence-corrected chi connectivity index (χ0v) is 11.4. The van der Waals surface area contributed by atoms with Crippen LogP contribution in [-0.4, -0.2) is 28.0 Å². The number of rotatable bonds is 3. The van der Waals surface area contributed by atoms with E-state index in [1.54, 1.807) is 0 Å². The van der Waals surface area contributed by atoms with Crippen molar-refractivity contribution >= 4 is 14.3 Å². The molecule has 0 aromatic rings. The molecule has 1 unspecified atom stereocenters. The van der Waals surface area contributed by atoms with Crippen molar-refractivity contribution in [2.75, 3.05) is 13.7 Å². The molecule has 0 aliphatic carbocycles. The molecule has 0 saturated carbocycles. The highest BCUT2D eigenvalue weighted by molar-refractivity contribution is 6.81. The first-order valence-electron chi connectivity index (χ1n) is 5.68. The molecule has 0 spiro atoms. The second-order valence-electron chi connectivity index (χ2n) is 4.88. The van der Waals surface area contributed by atoms with E-state index in [9.17, 15) is 4.79 Å². The van der Waals surface area contributed by atoms with E-state index in [1.807, 2.05) is 0 Å². The van der Waals surface area contributed by atoms with Gasteiger partial charge in [-0.1, -0.05) is 27.7 Å². The topological polar surface area (TPSA) is 35.5 Å². The van der Waals surface area contributed by atoms with Crippen LogP contribution in [0.2, 0.25) is 16.6 Å². The number of esters is 1. The van der Waals surface area contributed by atoms with Gasteiger partial charge in [0.05, 0.1) is 12.7 Å². The highest BCUT2D eigenvalue weighted by Crippen LogP contribution is 2.48. The van der Waals surface area contributed by atoms with Crippen LogP contribution in [0.4, 0.5) is 0 Å². The quantitative estimate of drug-likeness (QED) is 0.552. The molecule has 15 heavy (non-hydrogen) atoms. The fourth-order valence-electron chi connectivity index (χ4n) is 2.93. The van der Waals surface area contributed by atoms with Crippen LogP contribution in [0.3, 0.4) is 0 Å². The fourth-order valence-corrected chi connectivity index (χ4v) is 8.27. The van der Waals surface area contributed by atoms with Gasteiger partial charge in [0.1, 0.15) is 0 Å². The Morgan fingerprint density at radius 1 is 1.33 bits per heavy atom. The molecule has 0 aromatic carbocycles. The minimum Gasteiger partial charge on any atom is -0.469 e. The van der Waals surface area contributed by atoms with Gasteiger partial charge in [-0.15, -0.1) is 0 Å². The number of hydrogen-bond acceptors (Lipinski definition) is 3. The van der Waals surface area contributed by atoms with Gasteiger partial charge in [-0.2, -0.15) is 0 Å². The third-order valence-corrected chi connectivity index (χ3v) is 9.52. The molecule has 1 aliphatic rings. The number of carbonyl (C=O) groups excluding carboxylic acids is 1. The van der Waals surface area contributed by atoms with Crippen molar-refractivity contribution in [1.29, 1.82) is 0 Å². The van der Waals surface area contributed by atoms with Crippen LogP contribution in [0.5, 0.6) is 0 Å². The number of hydrogen-bond donors (Lipinski definition) is 0. The maximum absolute atomic E-state index is 11.8. The van der Waals surface area contributed by atoms with Gasteiger partial charge >= 0.3 is 5.97 Å². The molecule has 0 N–H and O–H groups in total. The lowest BCUT2D eigenvalue weighted by atomic mass is 10.3. The van der Waals surface area contributed by atoms with Crippen molar-refractivity contribution in [2.45, 2.75) is 50.7 Å². The monoisotopic (exact) mass is 230 g/mol. The first kappa shape index (κ1) is 12.7. The molecule has 1 atom stereocenters. The average Bonchev–Trinajstić information content (AvgIpc) is 2.61. The lowest BCUT2D eigenvalue weighted by molar-refractivity contribution is -0.140. The number of carbonyl (C=O) groups is 1. The summed E-state index contributed by atoms with van der Waals surface area (Å²) in [5.74, 6) is -0.0680. The summed E-state index contributed by atoms with van der Waals surface area (Å²) in [6, 6.07) is 0. The summed E-state index contributed by atoms with van der Waals surface area (Å²) in [4.78, 5) is 11.8. The standard InChI is InChI=1S/C11H22O3Si/c1-8(2)15(9(3)4)10(6-7-14-15)11(12)13-5/h8-10H,6-7H2,1-5H3. The summed E-state index contributed by atoms with van der Waals surface area (Å²) < 4.78 is 10.9. The second kappa shape index (κ2) is 4.66. The van der Waals surface area contributed by atoms with Crippen molar-refractivity contribution in [3.05, 3.63) is 0 Å². The van der Waals surface area contributed by atoms with Gasteiger partial charge in [-0.3, -0.25) is 4.79 Å².